The predicted molar refractivity (Wildman–Crippen MR) is 33.3 cm³/mol. The van der Waals surface area contributed by atoms with E-state index in [1.54, 1.807) is 0 Å². The maximum Gasteiger partial charge on any atom is 0.0571 e. The first-order valence-electron chi connectivity index (χ1n) is 3.36. The predicted octanol–water partition coefficient (Wildman–Crippen LogP) is 1.37. The summed E-state index contributed by atoms with van der Waals surface area (Å²) < 4.78 is 0. The van der Waals surface area contributed by atoms with Crippen molar-refractivity contribution in [2.45, 2.75) is 32.3 Å². The second-order valence-electron chi connectivity index (χ2n) is 2.45. The van der Waals surface area contributed by atoms with E-state index in [4.69, 9.17) is 5.11 Å². The Morgan fingerprint density at radius 1 is 1.75 bits per heavy atom. The first-order chi connectivity index (χ1) is 3.84. The number of hydrogen-bond donors (Lipinski definition) is 1. The highest BCUT2D eigenvalue weighted by atomic mass is 16.3. The van der Waals surface area contributed by atoms with Crippen molar-refractivity contribution >= 4 is 0 Å². The van der Waals surface area contributed by atoms with E-state index in [1.165, 1.54) is 0 Å². The molecule has 0 aromatic carbocycles. The van der Waals surface area contributed by atoms with Crippen LogP contribution in [0.3, 0.4) is 0 Å². The lowest BCUT2D eigenvalue weighted by atomic mass is 10.0. The van der Waals surface area contributed by atoms with E-state index in [-0.39, 0.29) is 6.10 Å². The van der Waals surface area contributed by atoms with Gasteiger partial charge in [0.15, 0.2) is 0 Å². The number of hydrogen-bond acceptors (Lipinski definition) is 1. The average Bonchev–Trinajstić information content (AvgIpc) is 2.14. The van der Waals surface area contributed by atoms with Crippen LogP contribution in [0.25, 0.3) is 0 Å². The van der Waals surface area contributed by atoms with Crippen molar-refractivity contribution in [3.63, 3.8) is 0 Å². The molecular weight excluding hydrogens is 100 g/mol. The van der Waals surface area contributed by atoms with E-state index in [0.29, 0.717) is 5.92 Å². The molecule has 1 fully saturated rings. The van der Waals surface area contributed by atoms with E-state index in [0.717, 1.165) is 19.3 Å². The zero-order valence-corrected chi connectivity index (χ0v) is 5.30. The summed E-state index contributed by atoms with van der Waals surface area (Å²) in [6.45, 7) is 2.12. The molecule has 1 nitrogen and oxygen atoms in total. The van der Waals surface area contributed by atoms with E-state index in [2.05, 4.69) is 13.3 Å². The van der Waals surface area contributed by atoms with E-state index in [9.17, 15) is 0 Å². The number of rotatable bonds is 1. The average molecular weight is 113 g/mol. The number of aliphatic hydroxyl groups excluding tert-OH is 1. The summed E-state index contributed by atoms with van der Waals surface area (Å²) in [4.78, 5) is 0. The molecule has 1 rings (SSSR count). The topological polar surface area (TPSA) is 20.2 Å². The van der Waals surface area contributed by atoms with Crippen LogP contribution in [0.1, 0.15) is 26.2 Å². The highest BCUT2D eigenvalue weighted by molar-refractivity contribution is 4.88. The van der Waals surface area contributed by atoms with Gasteiger partial charge in [-0.05, 0) is 25.2 Å². The fraction of sp³-hybridized carbons (Fsp3) is 0.857. The van der Waals surface area contributed by atoms with Crippen LogP contribution in [0, 0.1) is 12.3 Å². The smallest absolute Gasteiger partial charge is 0.0571 e. The van der Waals surface area contributed by atoms with Crippen molar-refractivity contribution in [1.29, 1.82) is 0 Å². The molecule has 0 saturated heterocycles. The molecule has 1 heteroatoms. The molecule has 0 aromatic rings. The summed E-state index contributed by atoms with van der Waals surface area (Å²) in [6.07, 6.45) is 5.39. The largest absolute Gasteiger partial charge is 0.393 e. The molecule has 2 atom stereocenters. The van der Waals surface area contributed by atoms with E-state index < -0.39 is 0 Å². The summed E-state index contributed by atoms with van der Waals surface area (Å²) >= 11 is 0. The Labute approximate surface area is 50.7 Å². The maximum absolute atomic E-state index is 9.16. The van der Waals surface area contributed by atoms with Crippen LogP contribution in [0.4, 0.5) is 0 Å². The molecule has 0 bridgehead atoms. The van der Waals surface area contributed by atoms with Crippen molar-refractivity contribution in [1.82, 2.24) is 0 Å². The zero-order valence-electron chi connectivity index (χ0n) is 5.30. The summed E-state index contributed by atoms with van der Waals surface area (Å²) in [5.41, 5.74) is 0. The first kappa shape index (κ1) is 6.09. The van der Waals surface area contributed by atoms with Crippen molar-refractivity contribution in [2.24, 2.45) is 5.92 Å². The standard InChI is InChI=1S/C7H13O/c1-2-6-4-3-5-7(6)8/h4,6-8H,2-3,5H2,1H3. The van der Waals surface area contributed by atoms with E-state index in [1.807, 2.05) is 0 Å². The minimum Gasteiger partial charge on any atom is -0.393 e. The van der Waals surface area contributed by atoms with Crippen molar-refractivity contribution in [3.8, 4) is 0 Å². The minimum atomic E-state index is -0.0278. The fourth-order valence-corrected chi connectivity index (χ4v) is 1.29. The van der Waals surface area contributed by atoms with Gasteiger partial charge in [0, 0.05) is 0 Å². The van der Waals surface area contributed by atoms with Crippen molar-refractivity contribution in [3.05, 3.63) is 6.42 Å². The summed E-state index contributed by atoms with van der Waals surface area (Å²) in [6, 6.07) is 0. The SMILES string of the molecule is CCC1[CH]CCC1O. The van der Waals surface area contributed by atoms with Crippen LogP contribution in [-0.2, 0) is 0 Å². The fourth-order valence-electron chi connectivity index (χ4n) is 1.29. The van der Waals surface area contributed by atoms with Crippen LogP contribution in [0.5, 0.6) is 0 Å². The normalized spacial score (nSPS) is 38.2. The second kappa shape index (κ2) is 2.49. The Morgan fingerprint density at radius 3 is 2.75 bits per heavy atom. The highest BCUT2D eigenvalue weighted by Crippen LogP contribution is 2.26. The molecule has 1 aliphatic rings. The summed E-state index contributed by atoms with van der Waals surface area (Å²) in [5, 5.41) is 9.16. The van der Waals surface area contributed by atoms with Crippen molar-refractivity contribution < 1.29 is 5.11 Å². The molecule has 0 heterocycles. The van der Waals surface area contributed by atoms with Gasteiger partial charge in [-0.2, -0.15) is 0 Å². The van der Waals surface area contributed by atoms with Gasteiger partial charge in [0.1, 0.15) is 0 Å². The van der Waals surface area contributed by atoms with Gasteiger partial charge in [-0.15, -0.1) is 0 Å². The van der Waals surface area contributed by atoms with Gasteiger partial charge in [-0.25, -0.2) is 0 Å². The number of aliphatic hydroxyl groups is 1. The van der Waals surface area contributed by atoms with Gasteiger partial charge in [-0.1, -0.05) is 13.3 Å². The van der Waals surface area contributed by atoms with Gasteiger partial charge >= 0.3 is 0 Å². The molecule has 47 valence electrons. The molecule has 0 aliphatic heterocycles. The van der Waals surface area contributed by atoms with E-state index >= 15 is 0 Å². The van der Waals surface area contributed by atoms with Gasteiger partial charge in [-0.3, -0.25) is 0 Å². The lowest BCUT2D eigenvalue weighted by Crippen LogP contribution is -2.11. The van der Waals surface area contributed by atoms with Gasteiger partial charge in [0.05, 0.1) is 6.10 Å². The lowest BCUT2D eigenvalue weighted by Gasteiger charge is -2.09. The highest BCUT2D eigenvalue weighted by Gasteiger charge is 2.22. The summed E-state index contributed by atoms with van der Waals surface area (Å²) in [5.74, 6) is 0.495. The Hall–Kier alpha value is -0.0400. The second-order valence-corrected chi connectivity index (χ2v) is 2.45. The van der Waals surface area contributed by atoms with Crippen molar-refractivity contribution in [2.75, 3.05) is 0 Å². The molecule has 1 N–H and O–H groups in total. The summed E-state index contributed by atoms with van der Waals surface area (Å²) in [7, 11) is 0. The third kappa shape index (κ3) is 1.03. The van der Waals surface area contributed by atoms with Crippen LogP contribution >= 0.6 is 0 Å². The van der Waals surface area contributed by atoms with Gasteiger partial charge < -0.3 is 5.11 Å². The third-order valence-electron chi connectivity index (χ3n) is 1.90. The minimum absolute atomic E-state index is 0.0278. The Bertz CT molecular complexity index is 70.8. The molecule has 8 heavy (non-hydrogen) atoms. The third-order valence-corrected chi connectivity index (χ3v) is 1.90. The van der Waals surface area contributed by atoms with Gasteiger partial charge in [0.2, 0.25) is 0 Å². The van der Waals surface area contributed by atoms with Crippen LogP contribution < -0.4 is 0 Å². The molecule has 1 aliphatic carbocycles. The molecule has 0 spiro atoms. The quantitative estimate of drug-likeness (QED) is 0.544. The Balaban J connectivity index is 2.30. The first-order valence-corrected chi connectivity index (χ1v) is 3.36. The molecule has 0 amide bonds. The Morgan fingerprint density at radius 2 is 2.50 bits per heavy atom. The molecule has 2 unspecified atom stereocenters. The molecular formula is C7H13O. The van der Waals surface area contributed by atoms with Gasteiger partial charge in [0.25, 0.3) is 0 Å². The van der Waals surface area contributed by atoms with Crippen LogP contribution in [-0.4, -0.2) is 11.2 Å². The Kier molecular flexibility index (Phi) is 1.90. The monoisotopic (exact) mass is 113 g/mol. The lowest BCUT2D eigenvalue weighted by molar-refractivity contribution is 0.139. The molecule has 0 aromatic heterocycles. The molecule has 1 saturated carbocycles. The maximum atomic E-state index is 9.16. The zero-order chi connectivity index (χ0) is 5.98. The van der Waals surface area contributed by atoms with Crippen LogP contribution in [0.2, 0.25) is 0 Å². The molecule has 1 radical (unpaired) electrons. The van der Waals surface area contributed by atoms with Crippen LogP contribution in [0.15, 0.2) is 0 Å².